The van der Waals surface area contributed by atoms with Crippen LogP contribution in [0.3, 0.4) is 0 Å². The summed E-state index contributed by atoms with van der Waals surface area (Å²) in [6.07, 6.45) is 3.19. The summed E-state index contributed by atoms with van der Waals surface area (Å²) in [7, 11) is -4.04. The van der Waals surface area contributed by atoms with Crippen LogP contribution in [-0.2, 0) is 27.8 Å². The average Bonchev–Trinajstić information content (AvgIpc) is 2.87. The van der Waals surface area contributed by atoms with Crippen molar-refractivity contribution in [3.8, 4) is 0 Å². The van der Waals surface area contributed by atoms with Gasteiger partial charge in [0.1, 0.15) is 0 Å². The zero-order chi connectivity index (χ0) is 25.9. The summed E-state index contributed by atoms with van der Waals surface area (Å²) in [5.41, 5.74) is 3.66. The van der Waals surface area contributed by atoms with Gasteiger partial charge in [0, 0.05) is 31.0 Å². The molecule has 0 atom stereocenters. The van der Waals surface area contributed by atoms with Crippen molar-refractivity contribution in [3.63, 3.8) is 0 Å². The number of aryl methyl sites for hydroxylation is 2. The Morgan fingerprint density at radius 2 is 1.81 bits per heavy atom. The first-order chi connectivity index (χ1) is 17.2. The van der Waals surface area contributed by atoms with Crippen molar-refractivity contribution in [3.05, 3.63) is 105 Å². The number of carbonyl (C=O) groups is 1. The maximum atomic E-state index is 13.7. The summed E-state index contributed by atoms with van der Waals surface area (Å²) in [5.74, 6) is -0.526. The Bertz CT molecular complexity index is 1560. The molecule has 9 heteroatoms. The number of ether oxygens (including phenoxy) is 1. The van der Waals surface area contributed by atoms with E-state index in [0.29, 0.717) is 11.1 Å². The van der Waals surface area contributed by atoms with Crippen LogP contribution in [0.2, 0.25) is 0 Å². The van der Waals surface area contributed by atoms with Gasteiger partial charge in [0.25, 0.3) is 5.56 Å². The van der Waals surface area contributed by atoms with Gasteiger partial charge in [0.2, 0.25) is 10.0 Å². The van der Waals surface area contributed by atoms with E-state index in [1.807, 2.05) is 26.0 Å². The third kappa shape index (κ3) is 5.22. The van der Waals surface area contributed by atoms with Crippen molar-refractivity contribution in [2.45, 2.75) is 38.8 Å². The van der Waals surface area contributed by atoms with Gasteiger partial charge >= 0.3 is 5.97 Å². The van der Waals surface area contributed by atoms with Gasteiger partial charge in [-0.3, -0.25) is 9.78 Å². The minimum atomic E-state index is -4.04. The Kier molecular flexibility index (Phi) is 7.32. The quantitative estimate of drug-likeness (QED) is 0.361. The number of fused-ring (bicyclic) bond motifs is 1. The number of carbonyl (C=O) groups excluding carboxylic acids is 1. The number of benzene rings is 2. The molecule has 2 aromatic heterocycles. The van der Waals surface area contributed by atoms with E-state index in [4.69, 9.17) is 4.74 Å². The third-order valence-corrected chi connectivity index (χ3v) is 7.87. The largest absolute Gasteiger partial charge is 0.462 e. The minimum Gasteiger partial charge on any atom is -0.462 e. The van der Waals surface area contributed by atoms with E-state index in [1.165, 1.54) is 28.6 Å². The number of sulfonamides is 1. The summed E-state index contributed by atoms with van der Waals surface area (Å²) in [6.45, 7) is 5.69. The standard InChI is InChI=1S/C27H27N3O5S/c1-4-35-27(32)21-9-11-24(12-10-21)36(33,34)30(16-20-6-5-13-28-15-20)17-23-14-22-8-7-18(2)19(3)25(22)29-26(23)31/h5-15H,4,16-17H2,1-3H3,(H,29,31). The normalized spacial score (nSPS) is 11.7. The van der Waals surface area contributed by atoms with Gasteiger partial charge in [-0.25, -0.2) is 13.2 Å². The molecule has 186 valence electrons. The smallest absolute Gasteiger partial charge is 0.338 e. The van der Waals surface area contributed by atoms with Gasteiger partial charge in [-0.05, 0) is 79.2 Å². The molecule has 2 heterocycles. The zero-order valence-electron chi connectivity index (χ0n) is 20.3. The molecule has 4 rings (SSSR count). The molecule has 0 fully saturated rings. The van der Waals surface area contributed by atoms with Crippen molar-refractivity contribution in [2.24, 2.45) is 0 Å². The van der Waals surface area contributed by atoms with E-state index in [0.717, 1.165) is 22.0 Å². The molecule has 0 saturated carbocycles. The number of H-pyrrole nitrogens is 1. The lowest BCUT2D eigenvalue weighted by molar-refractivity contribution is 0.0526. The first-order valence-corrected chi connectivity index (χ1v) is 12.9. The van der Waals surface area contributed by atoms with Gasteiger partial charge in [-0.15, -0.1) is 0 Å². The second-order valence-corrected chi connectivity index (χ2v) is 10.4. The predicted octanol–water partition coefficient (Wildman–Crippen LogP) is 4.11. The fourth-order valence-corrected chi connectivity index (χ4v) is 5.33. The first-order valence-electron chi connectivity index (χ1n) is 11.5. The number of rotatable bonds is 8. The molecule has 0 aliphatic carbocycles. The van der Waals surface area contributed by atoms with Gasteiger partial charge in [-0.1, -0.05) is 18.2 Å². The summed E-state index contributed by atoms with van der Waals surface area (Å²) in [4.78, 5) is 32.0. The van der Waals surface area contributed by atoms with E-state index < -0.39 is 16.0 Å². The minimum absolute atomic E-state index is 0.00289. The average molecular weight is 506 g/mol. The molecule has 4 aromatic rings. The summed E-state index contributed by atoms with van der Waals surface area (Å²) < 4.78 is 33.6. The van der Waals surface area contributed by atoms with E-state index in [-0.39, 0.29) is 35.7 Å². The Balaban J connectivity index is 1.74. The topological polar surface area (TPSA) is 109 Å². The summed E-state index contributed by atoms with van der Waals surface area (Å²) in [6, 6.07) is 14.7. The highest BCUT2D eigenvalue weighted by molar-refractivity contribution is 7.89. The highest BCUT2D eigenvalue weighted by Crippen LogP contribution is 2.23. The van der Waals surface area contributed by atoms with Crippen LogP contribution in [0.5, 0.6) is 0 Å². The molecule has 0 amide bonds. The fourth-order valence-electron chi connectivity index (χ4n) is 3.93. The molecule has 0 aliphatic heterocycles. The lowest BCUT2D eigenvalue weighted by Gasteiger charge is -2.22. The molecule has 0 unspecified atom stereocenters. The first kappa shape index (κ1) is 25.3. The highest BCUT2D eigenvalue weighted by atomic mass is 32.2. The number of aromatic amines is 1. The van der Waals surface area contributed by atoms with Crippen molar-refractivity contribution >= 4 is 26.9 Å². The van der Waals surface area contributed by atoms with Crippen LogP contribution in [-0.4, -0.2) is 35.3 Å². The van der Waals surface area contributed by atoms with Crippen LogP contribution in [0.1, 0.15) is 39.5 Å². The fraction of sp³-hybridized carbons (Fsp3) is 0.222. The molecule has 8 nitrogen and oxygen atoms in total. The van der Waals surface area contributed by atoms with Crippen LogP contribution in [0, 0.1) is 13.8 Å². The SMILES string of the molecule is CCOC(=O)c1ccc(S(=O)(=O)N(Cc2cccnc2)Cc2cc3ccc(C)c(C)c3[nH]c2=O)cc1. The van der Waals surface area contributed by atoms with Crippen molar-refractivity contribution < 1.29 is 17.9 Å². The lowest BCUT2D eigenvalue weighted by atomic mass is 10.0. The number of esters is 1. The maximum absolute atomic E-state index is 13.7. The highest BCUT2D eigenvalue weighted by Gasteiger charge is 2.26. The Morgan fingerprint density at radius 1 is 1.06 bits per heavy atom. The number of nitrogens with zero attached hydrogens (tertiary/aromatic N) is 2. The molecule has 0 aliphatic rings. The van der Waals surface area contributed by atoms with E-state index in [1.54, 1.807) is 37.5 Å². The van der Waals surface area contributed by atoms with Gasteiger partial charge in [0.15, 0.2) is 0 Å². The summed E-state index contributed by atoms with van der Waals surface area (Å²) >= 11 is 0. The monoisotopic (exact) mass is 505 g/mol. The second-order valence-electron chi connectivity index (χ2n) is 8.47. The van der Waals surface area contributed by atoms with Crippen LogP contribution in [0.15, 0.2) is 76.7 Å². The van der Waals surface area contributed by atoms with Crippen molar-refractivity contribution in [1.82, 2.24) is 14.3 Å². The molecule has 0 saturated heterocycles. The Labute approximate surface area is 209 Å². The van der Waals surface area contributed by atoms with Crippen LogP contribution in [0.4, 0.5) is 0 Å². The number of pyridine rings is 2. The molecule has 36 heavy (non-hydrogen) atoms. The number of hydrogen-bond donors (Lipinski definition) is 1. The molecule has 2 aromatic carbocycles. The zero-order valence-corrected chi connectivity index (χ0v) is 21.1. The predicted molar refractivity (Wildman–Crippen MR) is 137 cm³/mol. The molecule has 0 bridgehead atoms. The van der Waals surface area contributed by atoms with Crippen molar-refractivity contribution in [2.75, 3.05) is 6.61 Å². The lowest BCUT2D eigenvalue weighted by Crippen LogP contribution is -2.32. The molecular weight excluding hydrogens is 478 g/mol. The Hall–Kier alpha value is -3.82. The van der Waals surface area contributed by atoms with Gasteiger partial charge in [-0.2, -0.15) is 4.31 Å². The van der Waals surface area contributed by atoms with E-state index >= 15 is 0 Å². The number of nitrogens with one attached hydrogen (secondary N) is 1. The van der Waals surface area contributed by atoms with E-state index in [2.05, 4.69) is 9.97 Å². The van der Waals surface area contributed by atoms with Gasteiger partial charge in [0.05, 0.1) is 22.6 Å². The van der Waals surface area contributed by atoms with Gasteiger partial charge < -0.3 is 9.72 Å². The van der Waals surface area contributed by atoms with Crippen molar-refractivity contribution in [1.29, 1.82) is 0 Å². The number of hydrogen-bond acceptors (Lipinski definition) is 6. The summed E-state index contributed by atoms with van der Waals surface area (Å²) in [5, 5.41) is 0.824. The Morgan fingerprint density at radius 3 is 2.47 bits per heavy atom. The molecule has 1 N–H and O–H groups in total. The van der Waals surface area contributed by atoms with Crippen LogP contribution in [0.25, 0.3) is 10.9 Å². The van der Waals surface area contributed by atoms with E-state index in [9.17, 15) is 18.0 Å². The third-order valence-electron chi connectivity index (χ3n) is 6.06. The van der Waals surface area contributed by atoms with Crippen LogP contribution < -0.4 is 5.56 Å². The molecule has 0 radical (unpaired) electrons. The second kappa shape index (κ2) is 10.4. The molecular formula is C27H27N3O5S. The number of aromatic nitrogens is 2. The van der Waals surface area contributed by atoms with Crippen LogP contribution >= 0.6 is 0 Å². The molecule has 0 spiro atoms. The maximum Gasteiger partial charge on any atom is 0.338 e.